The second-order valence-corrected chi connectivity index (χ2v) is 8.47. The third kappa shape index (κ3) is 4.04. The molecule has 0 saturated heterocycles. The molecular weight excluding hydrogens is 427 g/mol. The zero-order chi connectivity index (χ0) is 23.0. The Hall–Kier alpha value is -3.44. The normalized spacial score (nSPS) is 14.0. The third-order valence-electron chi connectivity index (χ3n) is 5.48. The van der Waals surface area contributed by atoms with E-state index in [4.69, 9.17) is 11.6 Å². The zero-order valence-corrected chi connectivity index (χ0v) is 18.7. The Morgan fingerprint density at radius 3 is 2.19 bits per heavy atom. The molecule has 162 valence electrons. The number of anilines is 2. The topological polar surface area (TPSA) is 49.4 Å². The van der Waals surface area contributed by atoms with Gasteiger partial charge in [-0.05, 0) is 65.9 Å². The fourth-order valence-electron chi connectivity index (χ4n) is 3.67. The SMILES string of the molecule is Cc1ccc(Cl)cc1N1C(=O)C(Nc2ccc(C(C)C)cc2)=C(c2ccc(F)cc2)C1=O. The lowest BCUT2D eigenvalue weighted by Crippen LogP contribution is -2.33. The number of imide groups is 1. The number of benzene rings is 3. The minimum atomic E-state index is -0.493. The average molecular weight is 449 g/mol. The monoisotopic (exact) mass is 448 g/mol. The standard InChI is InChI=1S/C26H22ClFN2O2/c1-15(2)17-7-12-21(13-8-17)29-24-23(18-5-10-20(28)11-6-18)25(31)30(26(24)32)22-14-19(27)9-4-16(22)3/h4-15,29H,1-3H3. The molecule has 0 saturated carbocycles. The smallest absolute Gasteiger partial charge is 0.282 e. The molecule has 1 aliphatic rings. The van der Waals surface area contributed by atoms with E-state index in [2.05, 4.69) is 19.2 Å². The van der Waals surface area contributed by atoms with Crippen molar-refractivity contribution in [3.63, 3.8) is 0 Å². The van der Waals surface area contributed by atoms with Gasteiger partial charge in [-0.2, -0.15) is 0 Å². The summed E-state index contributed by atoms with van der Waals surface area (Å²) in [5.74, 6) is -1.04. The maximum atomic E-state index is 13.5. The first-order valence-electron chi connectivity index (χ1n) is 10.3. The largest absolute Gasteiger partial charge is 0.350 e. The van der Waals surface area contributed by atoms with E-state index in [1.807, 2.05) is 24.3 Å². The number of halogens is 2. The van der Waals surface area contributed by atoms with E-state index >= 15 is 0 Å². The fourth-order valence-corrected chi connectivity index (χ4v) is 3.83. The van der Waals surface area contributed by atoms with Gasteiger partial charge in [0.05, 0.1) is 11.3 Å². The molecule has 0 aromatic heterocycles. The van der Waals surface area contributed by atoms with Crippen LogP contribution >= 0.6 is 11.6 Å². The van der Waals surface area contributed by atoms with Gasteiger partial charge in [0.15, 0.2) is 0 Å². The van der Waals surface area contributed by atoms with E-state index in [0.717, 1.165) is 16.0 Å². The Balaban J connectivity index is 1.81. The molecule has 0 unspecified atom stereocenters. The van der Waals surface area contributed by atoms with Crippen molar-refractivity contribution in [3.05, 3.63) is 100.0 Å². The average Bonchev–Trinajstić information content (AvgIpc) is 3.00. The van der Waals surface area contributed by atoms with Gasteiger partial charge in [-0.3, -0.25) is 9.59 Å². The van der Waals surface area contributed by atoms with Crippen LogP contribution in [0.2, 0.25) is 5.02 Å². The van der Waals surface area contributed by atoms with Crippen LogP contribution in [-0.4, -0.2) is 11.8 Å². The highest BCUT2D eigenvalue weighted by molar-refractivity contribution is 6.46. The number of aryl methyl sites for hydroxylation is 1. The molecule has 1 aliphatic heterocycles. The summed E-state index contributed by atoms with van der Waals surface area (Å²) < 4.78 is 13.5. The van der Waals surface area contributed by atoms with Crippen LogP contribution < -0.4 is 10.2 Å². The molecule has 1 heterocycles. The van der Waals surface area contributed by atoms with Crippen molar-refractivity contribution in [2.45, 2.75) is 26.7 Å². The molecule has 0 fully saturated rings. The molecule has 32 heavy (non-hydrogen) atoms. The van der Waals surface area contributed by atoms with Gasteiger partial charge >= 0.3 is 0 Å². The summed E-state index contributed by atoms with van der Waals surface area (Å²) in [7, 11) is 0. The molecule has 3 aromatic carbocycles. The van der Waals surface area contributed by atoms with E-state index in [0.29, 0.717) is 27.9 Å². The number of rotatable bonds is 5. The van der Waals surface area contributed by atoms with E-state index in [1.165, 1.54) is 24.3 Å². The Bertz CT molecular complexity index is 1230. The molecular formula is C26H22ClFN2O2. The summed E-state index contributed by atoms with van der Waals surface area (Å²) in [5.41, 5.74) is 3.76. The Kier molecular flexibility index (Phi) is 5.85. The number of carbonyl (C=O) groups excluding carboxylic acids is 2. The maximum absolute atomic E-state index is 13.5. The molecule has 6 heteroatoms. The van der Waals surface area contributed by atoms with Crippen molar-refractivity contribution in [1.29, 1.82) is 0 Å². The van der Waals surface area contributed by atoms with Crippen molar-refractivity contribution in [1.82, 2.24) is 0 Å². The highest BCUT2D eigenvalue weighted by Crippen LogP contribution is 2.36. The molecule has 0 spiro atoms. The van der Waals surface area contributed by atoms with Gasteiger partial charge in [0.25, 0.3) is 11.8 Å². The summed E-state index contributed by atoms with van der Waals surface area (Å²) in [5, 5.41) is 3.54. The lowest BCUT2D eigenvalue weighted by molar-refractivity contribution is -0.120. The lowest BCUT2D eigenvalue weighted by Gasteiger charge is -2.18. The van der Waals surface area contributed by atoms with Crippen molar-refractivity contribution < 1.29 is 14.0 Å². The molecule has 0 radical (unpaired) electrons. The van der Waals surface area contributed by atoms with Crippen LogP contribution in [0.15, 0.2) is 72.4 Å². The van der Waals surface area contributed by atoms with Gasteiger partial charge in [0.2, 0.25) is 0 Å². The first-order valence-corrected chi connectivity index (χ1v) is 10.7. The predicted molar refractivity (Wildman–Crippen MR) is 126 cm³/mol. The van der Waals surface area contributed by atoms with Crippen LogP contribution in [0.25, 0.3) is 5.57 Å². The van der Waals surface area contributed by atoms with E-state index in [-0.39, 0.29) is 11.3 Å². The van der Waals surface area contributed by atoms with Crippen molar-refractivity contribution in [2.75, 3.05) is 10.2 Å². The summed E-state index contributed by atoms with van der Waals surface area (Å²) in [6, 6.07) is 18.3. The van der Waals surface area contributed by atoms with E-state index in [9.17, 15) is 14.0 Å². The van der Waals surface area contributed by atoms with Gasteiger partial charge in [0.1, 0.15) is 11.5 Å². The second-order valence-electron chi connectivity index (χ2n) is 8.04. The maximum Gasteiger partial charge on any atom is 0.282 e. The molecule has 0 atom stereocenters. The van der Waals surface area contributed by atoms with Crippen LogP contribution in [0.1, 0.15) is 36.5 Å². The zero-order valence-electron chi connectivity index (χ0n) is 17.9. The highest BCUT2D eigenvalue weighted by atomic mass is 35.5. The van der Waals surface area contributed by atoms with Crippen LogP contribution in [0.5, 0.6) is 0 Å². The Morgan fingerprint density at radius 1 is 0.906 bits per heavy atom. The number of carbonyl (C=O) groups is 2. The van der Waals surface area contributed by atoms with Gasteiger partial charge in [0, 0.05) is 10.7 Å². The van der Waals surface area contributed by atoms with Gasteiger partial charge < -0.3 is 5.32 Å². The summed E-state index contributed by atoms with van der Waals surface area (Å²) in [6.45, 7) is 6.00. The molecule has 2 amide bonds. The molecule has 4 rings (SSSR count). The number of amides is 2. The predicted octanol–water partition coefficient (Wildman–Crippen LogP) is 6.31. The highest BCUT2D eigenvalue weighted by Gasteiger charge is 2.41. The molecule has 0 bridgehead atoms. The Labute approximate surface area is 191 Å². The van der Waals surface area contributed by atoms with Gasteiger partial charge in [-0.25, -0.2) is 9.29 Å². The summed E-state index contributed by atoms with van der Waals surface area (Å²) >= 11 is 6.15. The summed E-state index contributed by atoms with van der Waals surface area (Å²) in [4.78, 5) is 28.1. The number of hydrogen-bond acceptors (Lipinski definition) is 3. The van der Waals surface area contributed by atoms with Crippen molar-refractivity contribution in [2.24, 2.45) is 0 Å². The molecule has 4 nitrogen and oxygen atoms in total. The molecule has 0 aliphatic carbocycles. The first kappa shape index (κ1) is 21.8. The first-order chi connectivity index (χ1) is 15.3. The fraction of sp³-hybridized carbons (Fsp3) is 0.154. The van der Waals surface area contributed by atoms with Crippen LogP contribution in [0.4, 0.5) is 15.8 Å². The second kappa shape index (κ2) is 8.60. The van der Waals surface area contributed by atoms with Gasteiger partial charge in [-0.15, -0.1) is 0 Å². The quantitative estimate of drug-likeness (QED) is 0.465. The van der Waals surface area contributed by atoms with E-state index < -0.39 is 17.6 Å². The third-order valence-corrected chi connectivity index (χ3v) is 5.71. The van der Waals surface area contributed by atoms with Crippen LogP contribution in [-0.2, 0) is 9.59 Å². The summed E-state index contributed by atoms with van der Waals surface area (Å²) in [6.07, 6.45) is 0. The van der Waals surface area contributed by atoms with Crippen LogP contribution in [0, 0.1) is 12.7 Å². The van der Waals surface area contributed by atoms with Crippen molar-refractivity contribution >= 4 is 40.4 Å². The minimum absolute atomic E-state index is 0.137. The molecule has 1 N–H and O–H groups in total. The van der Waals surface area contributed by atoms with E-state index in [1.54, 1.807) is 25.1 Å². The van der Waals surface area contributed by atoms with Gasteiger partial charge in [-0.1, -0.05) is 55.8 Å². The number of nitrogens with zero attached hydrogens (tertiary/aromatic N) is 1. The number of nitrogens with one attached hydrogen (secondary N) is 1. The minimum Gasteiger partial charge on any atom is -0.350 e. The van der Waals surface area contributed by atoms with Crippen molar-refractivity contribution in [3.8, 4) is 0 Å². The van der Waals surface area contributed by atoms with Crippen LogP contribution in [0.3, 0.4) is 0 Å². The number of hydrogen-bond donors (Lipinski definition) is 1. The lowest BCUT2D eigenvalue weighted by atomic mass is 10.0. The molecule has 3 aromatic rings. The Morgan fingerprint density at radius 2 is 1.56 bits per heavy atom.